The number of hydrogen-bond acceptors (Lipinski definition) is 1. The van der Waals surface area contributed by atoms with Crippen molar-refractivity contribution >= 4 is 38.9 Å². The fourth-order valence-corrected chi connectivity index (χ4v) is 2.04. The third-order valence-electron chi connectivity index (χ3n) is 2.29. The van der Waals surface area contributed by atoms with Crippen molar-refractivity contribution in [3.05, 3.63) is 58.3 Å². The second kappa shape index (κ2) is 5.52. The lowest BCUT2D eigenvalue weighted by Crippen LogP contribution is -1.94. The maximum absolute atomic E-state index is 13.6. The lowest BCUT2D eigenvalue weighted by molar-refractivity contribution is 0.631. The van der Waals surface area contributed by atoms with Gasteiger partial charge in [0.1, 0.15) is 5.82 Å². The number of alkyl halides is 1. The summed E-state index contributed by atoms with van der Waals surface area (Å²) < 4.78 is 14.5. The molecule has 0 aliphatic heterocycles. The molecule has 0 unspecified atom stereocenters. The molecular weight excluding hydrogens is 305 g/mol. The topological polar surface area (TPSA) is 12.0 Å². The molecule has 0 heterocycles. The minimum Gasteiger partial charge on any atom is -0.353 e. The van der Waals surface area contributed by atoms with Crippen molar-refractivity contribution in [2.45, 2.75) is 5.88 Å². The summed E-state index contributed by atoms with van der Waals surface area (Å²) in [7, 11) is 0. The highest BCUT2D eigenvalue weighted by Crippen LogP contribution is 2.24. The molecule has 0 aliphatic rings. The molecule has 17 heavy (non-hydrogen) atoms. The smallest absolute Gasteiger partial charge is 0.146 e. The molecule has 0 fully saturated rings. The lowest BCUT2D eigenvalue weighted by atomic mass is 10.2. The van der Waals surface area contributed by atoms with Crippen molar-refractivity contribution in [1.82, 2.24) is 0 Å². The summed E-state index contributed by atoms with van der Waals surface area (Å²) in [6.45, 7) is 0. The Morgan fingerprint density at radius 3 is 2.71 bits per heavy atom. The first kappa shape index (κ1) is 12.4. The minimum atomic E-state index is -0.293. The Bertz CT molecular complexity index is 531. The first-order valence-corrected chi connectivity index (χ1v) is 6.39. The highest BCUT2D eigenvalue weighted by Gasteiger charge is 2.04. The van der Waals surface area contributed by atoms with Gasteiger partial charge in [-0.1, -0.05) is 28.1 Å². The molecule has 0 aromatic heterocycles. The van der Waals surface area contributed by atoms with Crippen LogP contribution in [0.15, 0.2) is 46.9 Å². The third-order valence-corrected chi connectivity index (χ3v) is 3.09. The van der Waals surface area contributed by atoms with Crippen molar-refractivity contribution in [2.75, 3.05) is 5.32 Å². The fourth-order valence-electron chi connectivity index (χ4n) is 1.47. The van der Waals surface area contributed by atoms with Crippen molar-refractivity contribution < 1.29 is 4.39 Å². The Kier molecular flexibility index (Phi) is 4.02. The van der Waals surface area contributed by atoms with E-state index in [4.69, 9.17) is 11.6 Å². The van der Waals surface area contributed by atoms with E-state index in [2.05, 4.69) is 21.2 Å². The molecule has 0 saturated heterocycles. The van der Waals surface area contributed by atoms with Crippen LogP contribution in [-0.2, 0) is 5.88 Å². The zero-order valence-electron chi connectivity index (χ0n) is 8.88. The summed E-state index contributed by atoms with van der Waals surface area (Å²) in [4.78, 5) is 0. The van der Waals surface area contributed by atoms with Gasteiger partial charge in [0.05, 0.1) is 5.69 Å². The van der Waals surface area contributed by atoms with E-state index in [-0.39, 0.29) is 5.82 Å². The molecule has 2 aromatic rings. The van der Waals surface area contributed by atoms with Gasteiger partial charge >= 0.3 is 0 Å². The summed E-state index contributed by atoms with van der Waals surface area (Å²) in [5.74, 6) is 0.0758. The largest absolute Gasteiger partial charge is 0.353 e. The van der Waals surface area contributed by atoms with Gasteiger partial charge in [-0.05, 0) is 35.9 Å². The average molecular weight is 315 g/mol. The van der Waals surface area contributed by atoms with Gasteiger partial charge in [0.2, 0.25) is 0 Å². The van der Waals surface area contributed by atoms with Gasteiger partial charge in [-0.15, -0.1) is 11.6 Å². The standard InChI is InChI=1S/C13H10BrClFN/c14-10-2-1-3-11(7-10)17-13-6-9(8-15)4-5-12(13)16/h1-7,17H,8H2. The van der Waals surface area contributed by atoms with E-state index in [9.17, 15) is 4.39 Å². The van der Waals surface area contributed by atoms with Gasteiger partial charge in [-0.25, -0.2) is 4.39 Å². The van der Waals surface area contributed by atoms with E-state index < -0.39 is 0 Å². The van der Waals surface area contributed by atoms with Gasteiger partial charge in [0, 0.05) is 16.0 Å². The SMILES string of the molecule is Fc1ccc(CCl)cc1Nc1cccc(Br)c1. The molecule has 2 aromatic carbocycles. The molecule has 0 radical (unpaired) electrons. The van der Waals surface area contributed by atoms with E-state index in [1.54, 1.807) is 12.1 Å². The second-order valence-corrected chi connectivity index (χ2v) is 4.77. The molecule has 1 nitrogen and oxygen atoms in total. The summed E-state index contributed by atoms with van der Waals surface area (Å²) in [5.41, 5.74) is 2.14. The second-order valence-electron chi connectivity index (χ2n) is 3.58. The summed E-state index contributed by atoms with van der Waals surface area (Å²) in [6.07, 6.45) is 0. The van der Waals surface area contributed by atoms with Gasteiger partial charge in [0.25, 0.3) is 0 Å². The molecule has 0 amide bonds. The molecule has 2 rings (SSSR count). The normalized spacial score (nSPS) is 10.3. The van der Waals surface area contributed by atoms with Crippen molar-refractivity contribution in [2.24, 2.45) is 0 Å². The van der Waals surface area contributed by atoms with Crippen LogP contribution in [0.1, 0.15) is 5.56 Å². The minimum absolute atomic E-state index is 0.293. The molecule has 88 valence electrons. The zero-order valence-corrected chi connectivity index (χ0v) is 11.2. The molecule has 0 spiro atoms. The number of hydrogen-bond donors (Lipinski definition) is 1. The van der Waals surface area contributed by atoms with Crippen LogP contribution in [0.5, 0.6) is 0 Å². The Balaban J connectivity index is 2.29. The maximum Gasteiger partial charge on any atom is 0.146 e. The van der Waals surface area contributed by atoms with Crippen molar-refractivity contribution in [3.63, 3.8) is 0 Å². The molecular formula is C13H10BrClFN. The van der Waals surface area contributed by atoms with E-state index >= 15 is 0 Å². The van der Waals surface area contributed by atoms with Gasteiger partial charge in [-0.2, -0.15) is 0 Å². The number of halogens is 3. The summed E-state index contributed by atoms with van der Waals surface area (Å²) in [5, 5.41) is 3.02. The Morgan fingerprint density at radius 1 is 1.18 bits per heavy atom. The Morgan fingerprint density at radius 2 is 2.00 bits per heavy atom. The number of anilines is 2. The molecule has 0 bridgehead atoms. The monoisotopic (exact) mass is 313 g/mol. The predicted octanol–water partition coefficient (Wildman–Crippen LogP) is 5.07. The van der Waals surface area contributed by atoms with Crippen molar-refractivity contribution in [1.29, 1.82) is 0 Å². The first-order valence-electron chi connectivity index (χ1n) is 5.06. The van der Waals surface area contributed by atoms with Crippen LogP contribution in [0.25, 0.3) is 0 Å². The van der Waals surface area contributed by atoms with Gasteiger partial charge in [-0.3, -0.25) is 0 Å². The van der Waals surface area contributed by atoms with Gasteiger partial charge < -0.3 is 5.32 Å². The first-order chi connectivity index (χ1) is 8.19. The predicted molar refractivity (Wildman–Crippen MR) is 73.4 cm³/mol. The van der Waals surface area contributed by atoms with Crippen LogP contribution >= 0.6 is 27.5 Å². The van der Waals surface area contributed by atoms with E-state index in [1.807, 2.05) is 24.3 Å². The van der Waals surface area contributed by atoms with E-state index in [1.165, 1.54) is 6.07 Å². The third kappa shape index (κ3) is 3.20. The highest BCUT2D eigenvalue weighted by molar-refractivity contribution is 9.10. The lowest BCUT2D eigenvalue weighted by Gasteiger charge is -2.09. The number of benzene rings is 2. The van der Waals surface area contributed by atoms with E-state index in [0.29, 0.717) is 11.6 Å². The summed E-state index contributed by atoms with van der Waals surface area (Å²) in [6, 6.07) is 12.4. The fraction of sp³-hybridized carbons (Fsp3) is 0.0769. The summed E-state index contributed by atoms with van der Waals surface area (Å²) >= 11 is 9.09. The number of rotatable bonds is 3. The highest BCUT2D eigenvalue weighted by atomic mass is 79.9. The van der Waals surface area contributed by atoms with Crippen LogP contribution in [0.2, 0.25) is 0 Å². The van der Waals surface area contributed by atoms with Crippen LogP contribution in [0.4, 0.5) is 15.8 Å². The molecule has 0 aliphatic carbocycles. The number of nitrogens with one attached hydrogen (secondary N) is 1. The van der Waals surface area contributed by atoms with Gasteiger partial charge in [0.15, 0.2) is 0 Å². The van der Waals surface area contributed by atoms with Crippen LogP contribution in [0.3, 0.4) is 0 Å². The molecule has 0 saturated carbocycles. The Hall–Kier alpha value is -1.06. The molecule has 0 atom stereocenters. The van der Waals surface area contributed by atoms with Crippen LogP contribution < -0.4 is 5.32 Å². The maximum atomic E-state index is 13.6. The zero-order chi connectivity index (χ0) is 12.3. The molecule has 4 heteroatoms. The van der Waals surface area contributed by atoms with Crippen LogP contribution in [-0.4, -0.2) is 0 Å². The Labute approximate surface area is 113 Å². The van der Waals surface area contributed by atoms with Crippen LogP contribution in [0, 0.1) is 5.82 Å². The van der Waals surface area contributed by atoms with Crippen molar-refractivity contribution in [3.8, 4) is 0 Å². The molecule has 1 N–H and O–H groups in total. The van der Waals surface area contributed by atoms with E-state index in [0.717, 1.165) is 15.7 Å². The average Bonchev–Trinajstić information content (AvgIpc) is 2.32. The quantitative estimate of drug-likeness (QED) is 0.780.